The number of benzene rings is 1. The molecule has 3 aromatic rings. The molecule has 0 aliphatic carbocycles. The average Bonchev–Trinajstić information content (AvgIpc) is 3.18. The highest BCUT2D eigenvalue weighted by molar-refractivity contribution is 5.94. The number of rotatable bonds is 9. The lowest BCUT2D eigenvalue weighted by Gasteiger charge is -2.24. The smallest absolute Gasteiger partial charge is 0.253 e. The van der Waals surface area contributed by atoms with Crippen molar-refractivity contribution < 1.29 is 9.59 Å². The van der Waals surface area contributed by atoms with Crippen molar-refractivity contribution >= 4 is 29.0 Å². The number of carbonyl (C=O) groups is 2. The lowest BCUT2D eigenvalue weighted by atomic mass is 10.2. The third-order valence-electron chi connectivity index (χ3n) is 5.67. The van der Waals surface area contributed by atoms with Crippen LogP contribution in [0.25, 0.3) is 5.65 Å². The Balaban J connectivity index is 1.84. The number of nitrogens with zero attached hydrogens (tertiary/aromatic N) is 5. The molecule has 3 rings (SSSR count). The van der Waals surface area contributed by atoms with Crippen LogP contribution in [0.1, 0.15) is 35.5 Å². The van der Waals surface area contributed by atoms with Gasteiger partial charge in [0.15, 0.2) is 0 Å². The topological polar surface area (TPSA) is 73.2 Å². The Morgan fingerprint density at radius 2 is 1.70 bits per heavy atom. The summed E-state index contributed by atoms with van der Waals surface area (Å²) >= 11 is 0. The van der Waals surface area contributed by atoms with Crippen molar-refractivity contribution in [2.24, 2.45) is 0 Å². The van der Waals surface area contributed by atoms with Gasteiger partial charge in [0, 0.05) is 53.2 Å². The van der Waals surface area contributed by atoms with Gasteiger partial charge in [-0.25, -0.2) is 4.98 Å². The molecular weight excluding hydrogens is 416 g/mol. The molecule has 0 unspecified atom stereocenters. The predicted molar refractivity (Wildman–Crippen MR) is 133 cm³/mol. The first kappa shape index (κ1) is 24.1. The van der Waals surface area contributed by atoms with E-state index in [2.05, 4.69) is 5.32 Å². The molecule has 1 aromatic carbocycles. The molecule has 0 bridgehead atoms. The molecule has 2 heterocycles. The van der Waals surface area contributed by atoms with Crippen molar-refractivity contribution in [1.29, 1.82) is 0 Å². The van der Waals surface area contributed by atoms with Gasteiger partial charge in [-0.05, 0) is 43.2 Å². The zero-order chi connectivity index (χ0) is 24.1. The minimum absolute atomic E-state index is 0.0167. The van der Waals surface area contributed by atoms with E-state index in [1.165, 1.54) is 0 Å². The Bertz CT molecular complexity index is 1120. The number of likely N-dealkylation sites (N-methyl/N-ethyl adjacent to an activating group) is 2. The predicted octanol–water partition coefficient (Wildman–Crippen LogP) is 2.81. The van der Waals surface area contributed by atoms with Crippen LogP contribution in [-0.4, -0.2) is 67.4 Å². The first-order chi connectivity index (χ1) is 15.7. The number of fused-ring (bicyclic) bond motifs is 1. The Morgan fingerprint density at radius 1 is 1.00 bits per heavy atom. The summed E-state index contributed by atoms with van der Waals surface area (Å²) in [5.41, 5.74) is 4.35. The fraction of sp³-hybridized carbons (Fsp3) is 0.400. The van der Waals surface area contributed by atoms with E-state index >= 15 is 0 Å². The van der Waals surface area contributed by atoms with Crippen molar-refractivity contribution in [2.75, 3.05) is 51.1 Å². The molecule has 33 heavy (non-hydrogen) atoms. The molecule has 0 saturated carbocycles. The monoisotopic (exact) mass is 450 g/mol. The highest BCUT2D eigenvalue weighted by Crippen LogP contribution is 2.24. The Kier molecular flexibility index (Phi) is 7.58. The summed E-state index contributed by atoms with van der Waals surface area (Å²) in [5.74, 6) is 0.723. The number of hydrogen-bond donors (Lipinski definition) is 1. The number of pyridine rings is 1. The lowest BCUT2D eigenvalue weighted by Crippen LogP contribution is -2.37. The second-order valence-corrected chi connectivity index (χ2v) is 8.43. The second-order valence-electron chi connectivity index (χ2n) is 8.43. The van der Waals surface area contributed by atoms with E-state index in [1.807, 2.05) is 78.7 Å². The maximum atomic E-state index is 12.9. The summed E-state index contributed by atoms with van der Waals surface area (Å²) in [6, 6.07) is 11.7. The zero-order valence-corrected chi connectivity index (χ0v) is 20.4. The molecular formula is C25H34N6O2. The van der Waals surface area contributed by atoms with Gasteiger partial charge in [-0.2, -0.15) is 0 Å². The van der Waals surface area contributed by atoms with Gasteiger partial charge in [-0.15, -0.1) is 0 Å². The minimum Gasteiger partial charge on any atom is -0.378 e. The van der Waals surface area contributed by atoms with Crippen LogP contribution in [0.15, 0.2) is 42.6 Å². The lowest BCUT2D eigenvalue weighted by molar-refractivity contribution is -0.127. The number of hydrogen-bond acceptors (Lipinski definition) is 5. The van der Waals surface area contributed by atoms with E-state index in [0.717, 1.165) is 34.8 Å². The van der Waals surface area contributed by atoms with E-state index < -0.39 is 0 Å². The standard InChI is InChI=1S/C25H34N6O2/c1-7-21-25(30(8-2)17-23(32)29(5)6)31-16-19(11-14-22(31)27-21)24(33)26-15-18-9-12-20(13-10-18)28(3)4/h9-14,16H,7-8,15,17H2,1-6H3,(H,26,33). The largest absolute Gasteiger partial charge is 0.378 e. The maximum Gasteiger partial charge on any atom is 0.253 e. The number of anilines is 2. The van der Waals surface area contributed by atoms with Gasteiger partial charge in [0.2, 0.25) is 5.91 Å². The third-order valence-corrected chi connectivity index (χ3v) is 5.67. The van der Waals surface area contributed by atoms with Crippen molar-refractivity contribution in [1.82, 2.24) is 19.6 Å². The quantitative estimate of drug-likeness (QED) is 0.543. The average molecular weight is 451 g/mol. The highest BCUT2D eigenvalue weighted by Gasteiger charge is 2.20. The van der Waals surface area contributed by atoms with Crippen molar-refractivity contribution in [3.63, 3.8) is 0 Å². The molecule has 0 atom stereocenters. The summed E-state index contributed by atoms with van der Waals surface area (Å²) in [5, 5.41) is 3.00. The molecule has 1 N–H and O–H groups in total. The van der Waals surface area contributed by atoms with Gasteiger partial charge in [0.1, 0.15) is 11.5 Å². The molecule has 2 aromatic heterocycles. The zero-order valence-electron chi connectivity index (χ0n) is 20.4. The molecule has 8 heteroatoms. The van der Waals surface area contributed by atoms with Gasteiger partial charge < -0.3 is 20.0 Å². The van der Waals surface area contributed by atoms with E-state index in [0.29, 0.717) is 18.7 Å². The van der Waals surface area contributed by atoms with Crippen LogP contribution in [0.5, 0.6) is 0 Å². The van der Waals surface area contributed by atoms with Gasteiger partial charge in [-0.3, -0.25) is 14.0 Å². The number of amides is 2. The van der Waals surface area contributed by atoms with Gasteiger partial charge >= 0.3 is 0 Å². The van der Waals surface area contributed by atoms with Gasteiger partial charge in [0.25, 0.3) is 5.91 Å². The molecule has 176 valence electrons. The molecule has 0 aliphatic heterocycles. The van der Waals surface area contributed by atoms with Crippen molar-refractivity contribution in [2.45, 2.75) is 26.8 Å². The van der Waals surface area contributed by atoms with Gasteiger partial charge in [-0.1, -0.05) is 19.1 Å². The summed E-state index contributed by atoms with van der Waals surface area (Å²) in [6.45, 7) is 5.41. The summed E-state index contributed by atoms with van der Waals surface area (Å²) < 4.78 is 1.92. The third kappa shape index (κ3) is 5.45. The van der Waals surface area contributed by atoms with Gasteiger partial charge in [0.05, 0.1) is 17.8 Å². The Labute approximate surface area is 195 Å². The number of imidazole rings is 1. The number of nitrogens with one attached hydrogen (secondary N) is 1. The van der Waals surface area contributed by atoms with Crippen molar-refractivity contribution in [3.8, 4) is 0 Å². The Morgan fingerprint density at radius 3 is 2.27 bits per heavy atom. The van der Waals surface area contributed by atoms with E-state index in [4.69, 9.17) is 4.98 Å². The first-order valence-electron chi connectivity index (χ1n) is 11.3. The second kappa shape index (κ2) is 10.4. The fourth-order valence-corrected chi connectivity index (χ4v) is 3.62. The number of aromatic nitrogens is 2. The molecule has 0 fully saturated rings. The van der Waals surface area contributed by atoms with Crippen LogP contribution < -0.4 is 15.1 Å². The van der Waals surface area contributed by atoms with Crippen molar-refractivity contribution in [3.05, 3.63) is 59.4 Å². The summed E-state index contributed by atoms with van der Waals surface area (Å²) in [4.78, 5) is 35.6. The molecule has 8 nitrogen and oxygen atoms in total. The fourth-order valence-electron chi connectivity index (χ4n) is 3.62. The van der Waals surface area contributed by atoms with E-state index in [-0.39, 0.29) is 18.4 Å². The van der Waals surface area contributed by atoms with Crippen LogP contribution in [0.4, 0.5) is 11.5 Å². The summed E-state index contributed by atoms with van der Waals surface area (Å²) in [7, 11) is 7.50. The van der Waals surface area contributed by atoms with E-state index in [1.54, 1.807) is 25.1 Å². The van der Waals surface area contributed by atoms with Crippen LogP contribution in [0, 0.1) is 0 Å². The SMILES string of the molecule is CCc1nc2ccc(C(=O)NCc3ccc(N(C)C)cc3)cn2c1N(CC)CC(=O)N(C)C. The minimum atomic E-state index is -0.154. The van der Waals surface area contributed by atoms with Crippen LogP contribution in [-0.2, 0) is 17.8 Å². The Hall–Kier alpha value is -3.55. The molecule has 2 amide bonds. The molecule has 0 aliphatic rings. The summed E-state index contributed by atoms with van der Waals surface area (Å²) in [6.07, 6.45) is 2.54. The number of aryl methyl sites for hydroxylation is 1. The highest BCUT2D eigenvalue weighted by atomic mass is 16.2. The normalized spacial score (nSPS) is 10.8. The van der Waals surface area contributed by atoms with Crippen LogP contribution in [0.2, 0.25) is 0 Å². The van der Waals surface area contributed by atoms with Crippen LogP contribution in [0.3, 0.4) is 0 Å². The first-order valence-corrected chi connectivity index (χ1v) is 11.3. The number of carbonyl (C=O) groups excluding carboxylic acids is 2. The molecule has 0 saturated heterocycles. The molecule has 0 spiro atoms. The van der Waals surface area contributed by atoms with E-state index in [9.17, 15) is 9.59 Å². The molecule has 0 radical (unpaired) electrons. The maximum absolute atomic E-state index is 12.9. The van der Waals surface area contributed by atoms with Crippen LogP contribution >= 0.6 is 0 Å².